The van der Waals surface area contributed by atoms with Crippen LogP contribution in [0.4, 0.5) is 0 Å². The molecule has 1 aliphatic rings. The Bertz CT molecular complexity index is 1150. The maximum Gasteiger partial charge on any atom is 0.329 e. The van der Waals surface area contributed by atoms with Gasteiger partial charge in [-0.15, -0.1) is 0 Å². The van der Waals surface area contributed by atoms with Crippen molar-refractivity contribution in [2.45, 2.75) is 59.0 Å². The van der Waals surface area contributed by atoms with Gasteiger partial charge in [-0.05, 0) is 36.6 Å². The van der Waals surface area contributed by atoms with Crippen molar-refractivity contribution in [3.63, 3.8) is 0 Å². The molecule has 0 radical (unpaired) electrons. The summed E-state index contributed by atoms with van der Waals surface area (Å²) < 4.78 is 9.14. The summed E-state index contributed by atoms with van der Waals surface area (Å²) in [5, 5.41) is 3.01. The molecule has 7 nitrogen and oxygen atoms in total. The number of hydrogen-bond acceptors (Lipinski definition) is 4. The van der Waals surface area contributed by atoms with Crippen LogP contribution < -0.4 is 11.0 Å². The summed E-state index contributed by atoms with van der Waals surface area (Å²) in [5.41, 5.74) is 4.09. The first-order valence-electron chi connectivity index (χ1n) is 11.9. The van der Waals surface area contributed by atoms with Crippen molar-refractivity contribution < 1.29 is 9.53 Å². The van der Waals surface area contributed by atoms with Gasteiger partial charge in [0, 0.05) is 45.7 Å². The third-order valence-electron chi connectivity index (χ3n) is 6.15. The summed E-state index contributed by atoms with van der Waals surface area (Å²) in [6.07, 6.45) is 1.42. The van der Waals surface area contributed by atoms with Crippen LogP contribution in [0.2, 0.25) is 0 Å². The van der Waals surface area contributed by atoms with Crippen LogP contribution in [0.15, 0.2) is 53.3 Å². The van der Waals surface area contributed by atoms with Crippen LogP contribution >= 0.6 is 0 Å². The first-order valence-corrected chi connectivity index (χ1v) is 11.9. The first kappa shape index (κ1) is 23.3. The molecule has 0 bridgehead atoms. The number of aromatic nitrogens is 2. The minimum absolute atomic E-state index is 0.0454. The van der Waals surface area contributed by atoms with E-state index in [-0.39, 0.29) is 24.1 Å². The maximum absolute atomic E-state index is 12.9. The van der Waals surface area contributed by atoms with E-state index >= 15 is 0 Å². The number of imidazole rings is 1. The van der Waals surface area contributed by atoms with Crippen molar-refractivity contribution in [2.75, 3.05) is 19.7 Å². The number of para-hydroxylation sites is 2. The van der Waals surface area contributed by atoms with Crippen LogP contribution in [0.1, 0.15) is 37.8 Å². The van der Waals surface area contributed by atoms with Gasteiger partial charge in [0.15, 0.2) is 0 Å². The van der Waals surface area contributed by atoms with Gasteiger partial charge in [-0.1, -0.05) is 43.3 Å². The first-order chi connectivity index (χ1) is 16.0. The summed E-state index contributed by atoms with van der Waals surface area (Å²) in [6.45, 7) is 9.25. The molecule has 176 valence electrons. The monoisotopic (exact) mass is 450 g/mol. The number of carbonyl (C=O) groups excluding carboxylic acids is 1. The Kier molecular flexibility index (Phi) is 7.62. The molecule has 33 heavy (non-hydrogen) atoms. The minimum Gasteiger partial charge on any atom is -0.376 e. The van der Waals surface area contributed by atoms with E-state index in [1.165, 1.54) is 5.56 Å². The molecule has 1 fully saturated rings. The molecule has 1 atom stereocenters. The van der Waals surface area contributed by atoms with Gasteiger partial charge in [0.25, 0.3) is 0 Å². The van der Waals surface area contributed by atoms with Crippen LogP contribution in [0, 0.1) is 0 Å². The fourth-order valence-corrected chi connectivity index (χ4v) is 4.56. The van der Waals surface area contributed by atoms with Gasteiger partial charge in [0.2, 0.25) is 5.91 Å². The Morgan fingerprint density at radius 3 is 2.52 bits per heavy atom. The standard InChI is InChI=1S/C26H34N4O3/c1-3-12-29-23-9-4-5-10-24(23)30(26(29)32)13-11-25(31)27-17-21-7-6-8-22(16-21)19-28-14-15-33-20(2)18-28/h4-10,16,20H,3,11-15,17-19H2,1-2H3,(H,27,31). The number of benzene rings is 2. The molecule has 1 aliphatic heterocycles. The Labute approximate surface area is 195 Å². The Hall–Kier alpha value is -2.90. The van der Waals surface area contributed by atoms with E-state index in [1.54, 1.807) is 9.13 Å². The molecule has 1 amide bonds. The molecule has 2 aromatic carbocycles. The van der Waals surface area contributed by atoms with E-state index in [9.17, 15) is 9.59 Å². The number of hydrogen-bond donors (Lipinski definition) is 1. The normalized spacial score (nSPS) is 16.8. The second-order valence-corrected chi connectivity index (χ2v) is 8.84. The summed E-state index contributed by atoms with van der Waals surface area (Å²) in [6, 6.07) is 16.2. The Morgan fingerprint density at radius 1 is 1.06 bits per heavy atom. The Morgan fingerprint density at radius 2 is 1.79 bits per heavy atom. The third-order valence-corrected chi connectivity index (χ3v) is 6.15. The molecule has 1 unspecified atom stereocenters. The highest BCUT2D eigenvalue weighted by Gasteiger charge is 2.17. The topological polar surface area (TPSA) is 68.5 Å². The van der Waals surface area contributed by atoms with Gasteiger partial charge >= 0.3 is 5.69 Å². The molecule has 7 heteroatoms. The number of nitrogens with one attached hydrogen (secondary N) is 1. The number of ether oxygens (including phenoxy) is 1. The lowest BCUT2D eigenvalue weighted by atomic mass is 10.1. The number of fused-ring (bicyclic) bond motifs is 1. The molecule has 1 aromatic heterocycles. The molecule has 3 aromatic rings. The lowest BCUT2D eigenvalue weighted by Gasteiger charge is -2.31. The largest absolute Gasteiger partial charge is 0.376 e. The van der Waals surface area contributed by atoms with Crippen LogP contribution in [0.5, 0.6) is 0 Å². The van der Waals surface area contributed by atoms with Crippen molar-refractivity contribution in [3.8, 4) is 0 Å². The second-order valence-electron chi connectivity index (χ2n) is 8.84. The summed E-state index contributed by atoms with van der Waals surface area (Å²) in [5.74, 6) is -0.0540. The van der Waals surface area contributed by atoms with E-state index in [2.05, 4.69) is 36.2 Å². The molecule has 0 saturated carbocycles. The highest BCUT2D eigenvalue weighted by Crippen LogP contribution is 2.14. The fraction of sp³-hybridized carbons (Fsp3) is 0.462. The van der Waals surface area contributed by atoms with Crippen LogP contribution in [0.25, 0.3) is 11.0 Å². The zero-order chi connectivity index (χ0) is 23.2. The van der Waals surface area contributed by atoms with E-state index < -0.39 is 0 Å². The number of aryl methyl sites for hydroxylation is 2. The average molecular weight is 451 g/mol. The summed E-state index contributed by atoms with van der Waals surface area (Å²) >= 11 is 0. The van der Waals surface area contributed by atoms with Gasteiger partial charge < -0.3 is 10.1 Å². The predicted molar refractivity (Wildman–Crippen MR) is 130 cm³/mol. The lowest BCUT2D eigenvalue weighted by molar-refractivity contribution is -0.121. The second kappa shape index (κ2) is 10.8. The van der Waals surface area contributed by atoms with Crippen molar-refractivity contribution in [1.82, 2.24) is 19.4 Å². The minimum atomic E-state index is -0.0540. The Balaban J connectivity index is 1.33. The highest BCUT2D eigenvalue weighted by atomic mass is 16.5. The number of morpholine rings is 1. The molecule has 2 heterocycles. The number of rotatable bonds is 9. The number of carbonyl (C=O) groups is 1. The van der Waals surface area contributed by atoms with Gasteiger partial charge in [0.1, 0.15) is 0 Å². The molecular weight excluding hydrogens is 416 g/mol. The van der Waals surface area contributed by atoms with Gasteiger partial charge in [0.05, 0.1) is 23.7 Å². The average Bonchev–Trinajstić information content (AvgIpc) is 3.08. The molecule has 0 aliphatic carbocycles. The van der Waals surface area contributed by atoms with Crippen molar-refractivity contribution >= 4 is 16.9 Å². The van der Waals surface area contributed by atoms with Crippen molar-refractivity contribution in [1.29, 1.82) is 0 Å². The maximum atomic E-state index is 12.9. The van der Waals surface area contributed by atoms with E-state index in [0.717, 1.165) is 49.3 Å². The molecule has 0 spiro atoms. The van der Waals surface area contributed by atoms with E-state index in [4.69, 9.17) is 4.74 Å². The molecule has 4 rings (SSSR count). The molecule has 1 N–H and O–H groups in total. The summed E-state index contributed by atoms with van der Waals surface area (Å²) in [7, 11) is 0. The predicted octanol–water partition coefficient (Wildman–Crippen LogP) is 3.14. The lowest BCUT2D eigenvalue weighted by Crippen LogP contribution is -2.40. The van der Waals surface area contributed by atoms with Crippen LogP contribution in [0.3, 0.4) is 0 Å². The third kappa shape index (κ3) is 5.72. The highest BCUT2D eigenvalue weighted by molar-refractivity contribution is 5.78. The molecular formula is C26H34N4O3. The summed E-state index contributed by atoms with van der Waals surface area (Å²) in [4.78, 5) is 27.8. The van der Waals surface area contributed by atoms with Crippen molar-refractivity contribution in [3.05, 3.63) is 70.1 Å². The zero-order valence-corrected chi connectivity index (χ0v) is 19.6. The van der Waals surface area contributed by atoms with Gasteiger partial charge in [-0.3, -0.25) is 18.8 Å². The van der Waals surface area contributed by atoms with Gasteiger partial charge in [-0.2, -0.15) is 0 Å². The van der Waals surface area contributed by atoms with E-state index in [1.807, 2.05) is 36.4 Å². The van der Waals surface area contributed by atoms with Crippen LogP contribution in [-0.4, -0.2) is 45.7 Å². The van der Waals surface area contributed by atoms with Gasteiger partial charge in [-0.25, -0.2) is 4.79 Å². The quantitative estimate of drug-likeness (QED) is 0.544. The fourth-order valence-electron chi connectivity index (χ4n) is 4.56. The number of nitrogens with zero attached hydrogens (tertiary/aromatic N) is 3. The van der Waals surface area contributed by atoms with E-state index in [0.29, 0.717) is 19.6 Å². The van der Waals surface area contributed by atoms with Crippen molar-refractivity contribution in [2.24, 2.45) is 0 Å². The smallest absolute Gasteiger partial charge is 0.329 e. The zero-order valence-electron chi connectivity index (χ0n) is 19.6. The van der Waals surface area contributed by atoms with Crippen LogP contribution in [-0.2, 0) is 35.7 Å². The number of amides is 1. The molecule has 1 saturated heterocycles. The SMILES string of the molecule is CCCn1c(=O)n(CCC(=O)NCc2cccc(CN3CCOC(C)C3)c2)c2ccccc21.